The first-order valence-electron chi connectivity index (χ1n) is 9.50. The Balaban J connectivity index is 1.52. The lowest BCUT2D eigenvalue weighted by molar-refractivity contribution is -0.147. The molecule has 2 amide bonds. The standard InChI is InChI=1S/C18H31N3O3/c1-3-24-17(22)13-6-7-15(11-13)19-18(23)21-9-4-5-14-12-20(2)10-8-16(14)21/h13-16H,3-12H2,1-2H3,(H,19,23)/t13-,14?,15+,16?/m1/s1. The summed E-state index contributed by atoms with van der Waals surface area (Å²) in [7, 11) is 2.17. The number of amides is 2. The zero-order valence-electron chi connectivity index (χ0n) is 15.0. The van der Waals surface area contributed by atoms with Crippen molar-refractivity contribution in [1.29, 1.82) is 0 Å². The van der Waals surface area contributed by atoms with Crippen molar-refractivity contribution in [1.82, 2.24) is 15.1 Å². The van der Waals surface area contributed by atoms with Crippen LogP contribution in [0.5, 0.6) is 0 Å². The van der Waals surface area contributed by atoms with Gasteiger partial charge in [-0.3, -0.25) is 4.79 Å². The van der Waals surface area contributed by atoms with E-state index in [-0.39, 0.29) is 24.0 Å². The van der Waals surface area contributed by atoms with Gasteiger partial charge in [0.25, 0.3) is 0 Å². The van der Waals surface area contributed by atoms with Crippen LogP contribution in [0, 0.1) is 11.8 Å². The van der Waals surface area contributed by atoms with E-state index in [2.05, 4.69) is 22.2 Å². The van der Waals surface area contributed by atoms with Gasteiger partial charge in [0.1, 0.15) is 0 Å². The summed E-state index contributed by atoms with van der Waals surface area (Å²) >= 11 is 0. The van der Waals surface area contributed by atoms with E-state index >= 15 is 0 Å². The fourth-order valence-electron chi connectivity index (χ4n) is 4.68. The van der Waals surface area contributed by atoms with Crippen molar-refractivity contribution in [3.8, 4) is 0 Å². The molecule has 0 spiro atoms. The molecule has 6 nitrogen and oxygen atoms in total. The second-order valence-corrected chi connectivity index (χ2v) is 7.62. The van der Waals surface area contributed by atoms with Crippen LogP contribution in [0.1, 0.15) is 45.4 Å². The van der Waals surface area contributed by atoms with Gasteiger partial charge in [0, 0.05) is 25.2 Å². The number of fused-ring (bicyclic) bond motifs is 1. The molecule has 2 aliphatic heterocycles. The van der Waals surface area contributed by atoms with Gasteiger partial charge < -0.3 is 19.9 Å². The van der Waals surface area contributed by atoms with Crippen LogP contribution >= 0.6 is 0 Å². The molecule has 0 aromatic heterocycles. The van der Waals surface area contributed by atoms with Gasteiger partial charge in [0.15, 0.2) is 0 Å². The van der Waals surface area contributed by atoms with Crippen molar-refractivity contribution >= 4 is 12.0 Å². The van der Waals surface area contributed by atoms with E-state index in [4.69, 9.17) is 4.74 Å². The van der Waals surface area contributed by atoms with Crippen LogP contribution in [0.25, 0.3) is 0 Å². The fraction of sp³-hybridized carbons (Fsp3) is 0.889. The maximum absolute atomic E-state index is 12.8. The maximum Gasteiger partial charge on any atom is 0.317 e. The molecule has 1 aliphatic carbocycles. The van der Waals surface area contributed by atoms with Gasteiger partial charge in [-0.15, -0.1) is 0 Å². The zero-order chi connectivity index (χ0) is 17.1. The number of likely N-dealkylation sites (tertiary alicyclic amines) is 2. The first kappa shape index (κ1) is 17.5. The van der Waals surface area contributed by atoms with Gasteiger partial charge >= 0.3 is 12.0 Å². The topological polar surface area (TPSA) is 61.9 Å². The molecular weight excluding hydrogens is 306 g/mol. The van der Waals surface area contributed by atoms with Crippen LogP contribution in [-0.2, 0) is 9.53 Å². The highest BCUT2D eigenvalue weighted by Crippen LogP contribution is 2.31. The highest BCUT2D eigenvalue weighted by atomic mass is 16.5. The Morgan fingerprint density at radius 2 is 2.00 bits per heavy atom. The van der Waals surface area contributed by atoms with Crippen LogP contribution in [0.3, 0.4) is 0 Å². The van der Waals surface area contributed by atoms with Crippen LogP contribution < -0.4 is 5.32 Å². The molecule has 0 aromatic rings. The van der Waals surface area contributed by atoms with E-state index < -0.39 is 0 Å². The van der Waals surface area contributed by atoms with Gasteiger partial charge in [-0.25, -0.2) is 4.79 Å². The van der Waals surface area contributed by atoms with E-state index in [9.17, 15) is 9.59 Å². The molecule has 3 fully saturated rings. The number of hydrogen-bond donors (Lipinski definition) is 1. The van der Waals surface area contributed by atoms with Crippen LogP contribution in [-0.4, -0.2) is 67.2 Å². The van der Waals surface area contributed by atoms with E-state index in [0.717, 1.165) is 51.7 Å². The van der Waals surface area contributed by atoms with Crippen LogP contribution in [0.4, 0.5) is 4.79 Å². The molecule has 1 saturated carbocycles. The molecular formula is C18H31N3O3. The predicted octanol–water partition coefficient (Wildman–Crippen LogP) is 1.84. The Hall–Kier alpha value is -1.30. The van der Waals surface area contributed by atoms with E-state index in [1.165, 1.54) is 6.42 Å². The smallest absolute Gasteiger partial charge is 0.317 e. The Morgan fingerprint density at radius 3 is 2.79 bits per heavy atom. The van der Waals surface area contributed by atoms with Crippen molar-refractivity contribution in [3.05, 3.63) is 0 Å². The molecule has 0 bridgehead atoms. The number of nitrogens with zero attached hydrogens (tertiary/aromatic N) is 2. The molecule has 2 saturated heterocycles. The summed E-state index contributed by atoms with van der Waals surface area (Å²) in [4.78, 5) is 29.1. The Morgan fingerprint density at radius 1 is 1.17 bits per heavy atom. The number of carbonyl (C=O) groups is 2. The number of carbonyl (C=O) groups excluding carboxylic acids is 2. The number of esters is 1. The minimum Gasteiger partial charge on any atom is -0.466 e. The maximum atomic E-state index is 12.8. The summed E-state index contributed by atoms with van der Waals surface area (Å²) in [5.41, 5.74) is 0. The zero-order valence-corrected chi connectivity index (χ0v) is 15.0. The second-order valence-electron chi connectivity index (χ2n) is 7.62. The van der Waals surface area contributed by atoms with E-state index in [1.54, 1.807) is 0 Å². The summed E-state index contributed by atoms with van der Waals surface area (Å²) in [6.45, 7) is 5.30. The van der Waals surface area contributed by atoms with Crippen molar-refractivity contribution in [2.75, 3.05) is 33.3 Å². The third-order valence-corrected chi connectivity index (χ3v) is 5.91. The van der Waals surface area contributed by atoms with Crippen LogP contribution in [0.2, 0.25) is 0 Å². The number of nitrogens with one attached hydrogen (secondary N) is 1. The number of hydrogen-bond acceptors (Lipinski definition) is 4. The quantitative estimate of drug-likeness (QED) is 0.798. The number of ether oxygens (including phenoxy) is 1. The Kier molecular flexibility index (Phi) is 5.64. The van der Waals surface area contributed by atoms with Gasteiger partial charge in [-0.2, -0.15) is 0 Å². The Labute approximate surface area is 144 Å². The molecule has 4 atom stereocenters. The van der Waals surface area contributed by atoms with Gasteiger partial charge in [-0.05, 0) is 65.0 Å². The third-order valence-electron chi connectivity index (χ3n) is 5.91. The summed E-state index contributed by atoms with van der Waals surface area (Å²) in [6.07, 6.45) is 5.81. The lowest BCUT2D eigenvalue weighted by Gasteiger charge is -2.46. The molecule has 2 heterocycles. The third kappa shape index (κ3) is 3.85. The molecule has 3 rings (SSSR count). The predicted molar refractivity (Wildman–Crippen MR) is 91.6 cm³/mol. The summed E-state index contributed by atoms with van der Waals surface area (Å²) in [5, 5.41) is 3.19. The average molecular weight is 337 g/mol. The monoisotopic (exact) mass is 337 g/mol. The normalized spacial score (nSPS) is 33.8. The minimum absolute atomic E-state index is 0.0484. The van der Waals surface area contributed by atoms with Gasteiger partial charge in [-0.1, -0.05) is 0 Å². The van der Waals surface area contributed by atoms with Gasteiger partial charge in [0.2, 0.25) is 0 Å². The molecule has 3 aliphatic rings. The lowest BCUT2D eigenvalue weighted by Crippen LogP contribution is -2.58. The number of rotatable bonds is 3. The minimum atomic E-state index is -0.109. The highest BCUT2D eigenvalue weighted by molar-refractivity contribution is 5.76. The fourth-order valence-corrected chi connectivity index (χ4v) is 4.68. The van der Waals surface area contributed by atoms with E-state index in [0.29, 0.717) is 18.6 Å². The molecule has 24 heavy (non-hydrogen) atoms. The average Bonchev–Trinajstić information content (AvgIpc) is 3.02. The molecule has 136 valence electrons. The second kappa shape index (κ2) is 7.72. The number of urea groups is 1. The first-order valence-corrected chi connectivity index (χ1v) is 9.50. The van der Waals surface area contributed by atoms with Crippen LogP contribution in [0.15, 0.2) is 0 Å². The molecule has 2 unspecified atom stereocenters. The first-order chi connectivity index (χ1) is 11.6. The highest BCUT2D eigenvalue weighted by Gasteiger charge is 2.39. The Bertz CT molecular complexity index is 470. The summed E-state index contributed by atoms with van der Waals surface area (Å²) < 4.78 is 5.11. The lowest BCUT2D eigenvalue weighted by atomic mass is 9.84. The summed E-state index contributed by atoms with van der Waals surface area (Å²) in [5.74, 6) is 0.453. The molecule has 6 heteroatoms. The molecule has 1 N–H and O–H groups in total. The van der Waals surface area contributed by atoms with E-state index in [1.807, 2.05) is 6.92 Å². The van der Waals surface area contributed by atoms with Crippen molar-refractivity contribution in [2.45, 2.75) is 57.5 Å². The summed E-state index contributed by atoms with van der Waals surface area (Å²) in [6, 6.07) is 0.569. The number of piperidine rings is 2. The SMILES string of the molecule is CCOC(=O)[C@@H]1CC[C@H](NC(=O)N2CCCC3CN(C)CCC32)C1. The largest absolute Gasteiger partial charge is 0.466 e. The van der Waals surface area contributed by atoms with Crippen molar-refractivity contribution in [3.63, 3.8) is 0 Å². The van der Waals surface area contributed by atoms with Gasteiger partial charge in [0.05, 0.1) is 12.5 Å². The molecule has 0 radical (unpaired) electrons. The van der Waals surface area contributed by atoms with Crippen molar-refractivity contribution < 1.29 is 14.3 Å². The van der Waals surface area contributed by atoms with Crippen molar-refractivity contribution in [2.24, 2.45) is 11.8 Å². The molecule has 0 aromatic carbocycles.